The molecule has 0 unspecified atom stereocenters. The van der Waals surface area contributed by atoms with Gasteiger partial charge in [0.2, 0.25) is 0 Å². The minimum atomic E-state index is 0.196. The van der Waals surface area contributed by atoms with E-state index in [0.717, 1.165) is 61.5 Å². The molecule has 0 amide bonds. The SMILES string of the molecule is CCOc1ccc(CN2CCN(Cc3cccc4nonc34)C[C@H]2CCO)cc1. The van der Waals surface area contributed by atoms with E-state index in [9.17, 15) is 5.11 Å². The van der Waals surface area contributed by atoms with Gasteiger partial charge in [-0.1, -0.05) is 24.3 Å². The van der Waals surface area contributed by atoms with Crippen molar-refractivity contribution in [3.05, 3.63) is 53.6 Å². The number of piperazine rings is 1. The number of aliphatic hydroxyl groups excluding tert-OH is 1. The number of benzene rings is 2. The highest BCUT2D eigenvalue weighted by molar-refractivity contribution is 5.76. The highest BCUT2D eigenvalue weighted by Crippen LogP contribution is 2.22. The zero-order valence-electron chi connectivity index (χ0n) is 16.8. The van der Waals surface area contributed by atoms with Crippen LogP contribution in [0.15, 0.2) is 47.1 Å². The van der Waals surface area contributed by atoms with Gasteiger partial charge in [-0.15, -0.1) is 0 Å². The number of aliphatic hydroxyl groups is 1. The van der Waals surface area contributed by atoms with E-state index < -0.39 is 0 Å². The Bertz CT molecular complexity index is 912. The third kappa shape index (κ3) is 4.75. The van der Waals surface area contributed by atoms with Crippen molar-refractivity contribution in [1.29, 1.82) is 0 Å². The van der Waals surface area contributed by atoms with E-state index in [0.29, 0.717) is 12.6 Å². The topological polar surface area (TPSA) is 74.9 Å². The van der Waals surface area contributed by atoms with Gasteiger partial charge in [-0.2, -0.15) is 0 Å². The van der Waals surface area contributed by atoms with Gasteiger partial charge in [0.05, 0.1) is 6.61 Å². The molecule has 1 atom stereocenters. The van der Waals surface area contributed by atoms with Crippen molar-refractivity contribution in [3.63, 3.8) is 0 Å². The Morgan fingerprint density at radius 1 is 1.10 bits per heavy atom. The zero-order chi connectivity index (χ0) is 20.1. The highest BCUT2D eigenvalue weighted by Gasteiger charge is 2.27. The molecule has 0 bridgehead atoms. The largest absolute Gasteiger partial charge is 0.494 e. The van der Waals surface area contributed by atoms with E-state index in [1.54, 1.807) is 0 Å². The van der Waals surface area contributed by atoms with Crippen molar-refractivity contribution in [2.24, 2.45) is 0 Å². The van der Waals surface area contributed by atoms with Crippen molar-refractivity contribution in [1.82, 2.24) is 20.1 Å². The molecule has 2 heterocycles. The molecule has 7 heteroatoms. The first-order valence-corrected chi connectivity index (χ1v) is 10.3. The van der Waals surface area contributed by atoms with Gasteiger partial charge in [-0.3, -0.25) is 9.80 Å². The summed E-state index contributed by atoms with van der Waals surface area (Å²) in [4.78, 5) is 4.90. The molecular weight excluding hydrogens is 368 g/mol. The lowest BCUT2D eigenvalue weighted by atomic mass is 10.1. The molecule has 2 aromatic carbocycles. The Hall–Kier alpha value is -2.48. The number of nitrogens with zero attached hydrogens (tertiary/aromatic N) is 4. The molecule has 1 aromatic heterocycles. The normalized spacial score (nSPS) is 18.3. The van der Waals surface area contributed by atoms with Gasteiger partial charge in [0, 0.05) is 45.4 Å². The van der Waals surface area contributed by atoms with Gasteiger partial charge in [0.15, 0.2) is 0 Å². The van der Waals surface area contributed by atoms with Gasteiger partial charge in [0.1, 0.15) is 16.8 Å². The van der Waals surface area contributed by atoms with Crippen LogP contribution in [0.2, 0.25) is 0 Å². The lowest BCUT2D eigenvalue weighted by Gasteiger charge is -2.41. The Balaban J connectivity index is 1.41. The van der Waals surface area contributed by atoms with Crippen LogP contribution in [0.25, 0.3) is 11.0 Å². The van der Waals surface area contributed by atoms with Crippen LogP contribution in [-0.2, 0) is 13.1 Å². The Morgan fingerprint density at radius 2 is 1.97 bits per heavy atom. The summed E-state index contributed by atoms with van der Waals surface area (Å²) in [5.41, 5.74) is 4.03. The maximum Gasteiger partial charge on any atom is 0.139 e. The fourth-order valence-corrected chi connectivity index (χ4v) is 4.05. The molecule has 0 spiro atoms. The maximum atomic E-state index is 9.59. The molecule has 3 aromatic rings. The fraction of sp³-hybridized carbons (Fsp3) is 0.455. The van der Waals surface area contributed by atoms with Crippen molar-refractivity contribution in [3.8, 4) is 5.75 Å². The number of rotatable bonds is 8. The number of fused-ring (bicyclic) bond motifs is 1. The summed E-state index contributed by atoms with van der Waals surface area (Å²) in [5.74, 6) is 0.907. The highest BCUT2D eigenvalue weighted by atomic mass is 16.6. The lowest BCUT2D eigenvalue weighted by Crippen LogP contribution is -2.52. The van der Waals surface area contributed by atoms with Crippen molar-refractivity contribution in [2.75, 3.05) is 32.8 Å². The summed E-state index contributed by atoms with van der Waals surface area (Å²) >= 11 is 0. The maximum absolute atomic E-state index is 9.59. The van der Waals surface area contributed by atoms with Crippen LogP contribution in [0, 0.1) is 0 Å². The second kappa shape index (κ2) is 9.35. The molecule has 7 nitrogen and oxygen atoms in total. The molecule has 154 valence electrons. The van der Waals surface area contributed by atoms with Crippen molar-refractivity contribution in [2.45, 2.75) is 32.5 Å². The molecular formula is C22H28N4O3. The van der Waals surface area contributed by atoms with Crippen LogP contribution in [0.4, 0.5) is 0 Å². The van der Waals surface area contributed by atoms with Crippen LogP contribution >= 0.6 is 0 Å². The van der Waals surface area contributed by atoms with Crippen molar-refractivity contribution >= 4 is 11.0 Å². The van der Waals surface area contributed by atoms with E-state index >= 15 is 0 Å². The molecule has 0 saturated carbocycles. The summed E-state index contributed by atoms with van der Waals surface area (Å²) in [6, 6.07) is 14.6. The zero-order valence-corrected chi connectivity index (χ0v) is 16.8. The van der Waals surface area contributed by atoms with E-state index in [4.69, 9.17) is 9.37 Å². The Labute approximate surface area is 170 Å². The minimum Gasteiger partial charge on any atom is -0.494 e. The predicted molar refractivity (Wildman–Crippen MR) is 111 cm³/mol. The van der Waals surface area contributed by atoms with Crippen molar-refractivity contribution < 1.29 is 14.5 Å². The minimum absolute atomic E-state index is 0.196. The molecule has 1 aliphatic rings. The average Bonchev–Trinajstić information content (AvgIpc) is 3.22. The first-order chi connectivity index (χ1) is 14.3. The van der Waals surface area contributed by atoms with Crippen LogP contribution in [0.5, 0.6) is 5.75 Å². The first-order valence-electron chi connectivity index (χ1n) is 10.3. The predicted octanol–water partition coefficient (Wildman–Crippen LogP) is 2.69. The first kappa shape index (κ1) is 19.8. The van der Waals surface area contributed by atoms with Crippen LogP contribution in [0.1, 0.15) is 24.5 Å². The molecule has 4 rings (SSSR count). The summed E-state index contributed by atoms with van der Waals surface area (Å²) < 4.78 is 10.4. The summed E-state index contributed by atoms with van der Waals surface area (Å²) in [5, 5.41) is 17.6. The molecule has 0 aliphatic carbocycles. The average molecular weight is 396 g/mol. The Kier molecular flexibility index (Phi) is 6.39. The molecule has 1 fully saturated rings. The standard InChI is InChI=1S/C22H28N4O3/c1-2-28-20-8-6-17(7-9-20)14-26-12-11-25(16-19(26)10-13-27)15-18-4-3-5-21-22(18)24-29-23-21/h3-9,19,27H,2,10-16H2,1H3/t19-/m1/s1. The smallest absolute Gasteiger partial charge is 0.139 e. The molecule has 1 saturated heterocycles. The fourth-order valence-electron chi connectivity index (χ4n) is 4.05. The monoisotopic (exact) mass is 396 g/mol. The van der Waals surface area contributed by atoms with Crippen LogP contribution in [-0.4, -0.2) is 64.1 Å². The summed E-state index contributed by atoms with van der Waals surface area (Å²) in [7, 11) is 0. The quantitative estimate of drug-likeness (QED) is 0.627. The van der Waals surface area contributed by atoms with Crippen LogP contribution < -0.4 is 4.74 Å². The lowest BCUT2D eigenvalue weighted by molar-refractivity contribution is 0.0501. The number of hydrogen-bond donors (Lipinski definition) is 1. The van der Waals surface area contributed by atoms with E-state index in [1.807, 2.05) is 31.2 Å². The molecule has 0 radical (unpaired) electrons. The number of hydrogen-bond acceptors (Lipinski definition) is 7. The van der Waals surface area contributed by atoms with Gasteiger partial charge in [-0.05, 0) is 53.0 Å². The number of ether oxygens (including phenoxy) is 1. The van der Waals surface area contributed by atoms with Gasteiger partial charge < -0.3 is 9.84 Å². The van der Waals surface area contributed by atoms with E-state index in [-0.39, 0.29) is 6.61 Å². The second-order valence-electron chi connectivity index (χ2n) is 7.50. The summed E-state index contributed by atoms with van der Waals surface area (Å²) in [6.07, 6.45) is 0.767. The van der Waals surface area contributed by atoms with Gasteiger partial charge >= 0.3 is 0 Å². The molecule has 1 N–H and O–H groups in total. The molecule has 29 heavy (non-hydrogen) atoms. The second-order valence-corrected chi connectivity index (χ2v) is 7.50. The molecule has 1 aliphatic heterocycles. The van der Waals surface area contributed by atoms with E-state index in [1.165, 1.54) is 5.56 Å². The third-order valence-electron chi connectivity index (χ3n) is 5.53. The summed E-state index contributed by atoms with van der Waals surface area (Å²) in [6.45, 7) is 7.41. The van der Waals surface area contributed by atoms with E-state index in [2.05, 4.69) is 38.3 Å². The third-order valence-corrected chi connectivity index (χ3v) is 5.53. The van der Waals surface area contributed by atoms with Gasteiger partial charge in [0.25, 0.3) is 0 Å². The Morgan fingerprint density at radius 3 is 2.76 bits per heavy atom. The van der Waals surface area contributed by atoms with Crippen LogP contribution in [0.3, 0.4) is 0 Å². The van der Waals surface area contributed by atoms with Gasteiger partial charge in [-0.25, -0.2) is 4.63 Å². The number of aromatic nitrogens is 2.